The Morgan fingerprint density at radius 1 is 1.22 bits per heavy atom. The lowest BCUT2D eigenvalue weighted by molar-refractivity contribution is 0.0575. The summed E-state index contributed by atoms with van der Waals surface area (Å²) in [6.07, 6.45) is 1.22. The van der Waals surface area contributed by atoms with E-state index >= 15 is 0 Å². The summed E-state index contributed by atoms with van der Waals surface area (Å²) in [6.45, 7) is 6.56. The van der Waals surface area contributed by atoms with Gasteiger partial charge in [0.25, 0.3) is 0 Å². The number of nitrogens with zero attached hydrogens (tertiary/aromatic N) is 1. The van der Waals surface area contributed by atoms with Gasteiger partial charge in [-0.1, -0.05) is 0 Å². The molecule has 1 aromatic rings. The van der Waals surface area contributed by atoms with Crippen molar-refractivity contribution in [2.45, 2.75) is 39.2 Å². The summed E-state index contributed by atoms with van der Waals surface area (Å²) in [5.74, 6) is 0.0423. The normalized spacial score (nSPS) is 14.9. The van der Waals surface area contributed by atoms with E-state index in [9.17, 15) is 9.59 Å². The first-order valence-electron chi connectivity index (χ1n) is 7.67. The van der Waals surface area contributed by atoms with E-state index in [0.717, 1.165) is 12.8 Å². The zero-order chi connectivity index (χ0) is 17.0. The van der Waals surface area contributed by atoms with E-state index < -0.39 is 17.7 Å². The average molecular weight is 321 g/mol. The summed E-state index contributed by atoms with van der Waals surface area (Å²) >= 11 is 0. The fourth-order valence-electron chi connectivity index (χ4n) is 2.28. The number of carbonyl (C=O) groups excluding carboxylic acids is 2. The van der Waals surface area contributed by atoms with Crippen LogP contribution >= 0.6 is 0 Å². The Kier molecular flexibility index (Phi) is 5.13. The molecule has 1 heterocycles. The molecular weight excluding hydrogens is 298 g/mol. The van der Waals surface area contributed by atoms with Crippen molar-refractivity contribution in [3.05, 3.63) is 23.8 Å². The van der Waals surface area contributed by atoms with Crippen LogP contribution in [0.2, 0.25) is 0 Å². The molecule has 0 saturated carbocycles. The number of hydrogen-bond acceptors (Lipinski definition) is 5. The van der Waals surface area contributed by atoms with Gasteiger partial charge in [0.05, 0.1) is 25.0 Å². The van der Waals surface area contributed by atoms with Crippen LogP contribution in [-0.2, 0) is 9.47 Å². The summed E-state index contributed by atoms with van der Waals surface area (Å²) in [5, 5.41) is 0. The fraction of sp³-hybridized carbons (Fsp3) is 0.529. The van der Waals surface area contributed by atoms with Crippen LogP contribution in [0.4, 0.5) is 10.5 Å². The zero-order valence-corrected chi connectivity index (χ0v) is 14.0. The standard InChI is InChI=1S/C17H23NO5/c1-17(2,3)23-16(20)18-9-5-6-10-22-14-11-12(15(19)21-4)7-8-13(14)18/h7-8,11H,5-6,9-10H2,1-4H3. The van der Waals surface area contributed by atoms with E-state index in [1.165, 1.54) is 7.11 Å². The summed E-state index contributed by atoms with van der Waals surface area (Å²) < 4.78 is 15.9. The summed E-state index contributed by atoms with van der Waals surface area (Å²) in [5.41, 5.74) is 0.412. The van der Waals surface area contributed by atoms with Gasteiger partial charge in [0, 0.05) is 6.54 Å². The second kappa shape index (κ2) is 6.89. The average Bonchev–Trinajstić information content (AvgIpc) is 2.45. The number of fused-ring (bicyclic) bond motifs is 1. The van der Waals surface area contributed by atoms with Crippen molar-refractivity contribution in [2.75, 3.05) is 25.2 Å². The van der Waals surface area contributed by atoms with Gasteiger partial charge in [-0.25, -0.2) is 9.59 Å². The van der Waals surface area contributed by atoms with Crippen LogP contribution in [0, 0.1) is 0 Å². The van der Waals surface area contributed by atoms with Crippen molar-refractivity contribution in [1.29, 1.82) is 0 Å². The third-order valence-corrected chi connectivity index (χ3v) is 3.32. The number of amides is 1. The van der Waals surface area contributed by atoms with Crippen molar-refractivity contribution in [3.8, 4) is 5.75 Å². The number of benzene rings is 1. The molecule has 126 valence electrons. The highest BCUT2D eigenvalue weighted by Crippen LogP contribution is 2.33. The molecule has 0 bridgehead atoms. The largest absolute Gasteiger partial charge is 0.491 e. The van der Waals surface area contributed by atoms with Crippen molar-refractivity contribution in [3.63, 3.8) is 0 Å². The minimum absolute atomic E-state index is 0.385. The predicted octanol–water partition coefficient (Wildman–Crippen LogP) is 3.39. The summed E-state index contributed by atoms with van der Waals surface area (Å²) in [6, 6.07) is 4.91. The number of anilines is 1. The first kappa shape index (κ1) is 17.1. The SMILES string of the molecule is COC(=O)c1ccc2c(c1)OCCCCN2C(=O)OC(C)(C)C. The number of carbonyl (C=O) groups is 2. The lowest BCUT2D eigenvalue weighted by atomic mass is 10.1. The lowest BCUT2D eigenvalue weighted by Gasteiger charge is -2.30. The zero-order valence-electron chi connectivity index (χ0n) is 14.0. The van der Waals surface area contributed by atoms with Crippen molar-refractivity contribution < 1.29 is 23.8 Å². The monoisotopic (exact) mass is 321 g/mol. The van der Waals surface area contributed by atoms with Crippen molar-refractivity contribution in [2.24, 2.45) is 0 Å². The summed E-state index contributed by atoms with van der Waals surface area (Å²) in [7, 11) is 1.33. The number of rotatable bonds is 1. The molecule has 0 saturated heterocycles. The number of esters is 1. The van der Waals surface area contributed by atoms with E-state index in [1.807, 2.05) is 20.8 Å². The maximum Gasteiger partial charge on any atom is 0.414 e. The molecule has 0 N–H and O–H groups in total. The number of hydrogen-bond donors (Lipinski definition) is 0. The van der Waals surface area contributed by atoms with E-state index in [4.69, 9.17) is 14.2 Å². The molecule has 0 aliphatic carbocycles. The molecule has 1 aliphatic heterocycles. The molecule has 0 radical (unpaired) electrons. The molecule has 1 aliphatic rings. The van der Waals surface area contributed by atoms with E-state index in [2.05, 4.69) is 0 Å². The van der Waals surface area contributed by atoms with Gasteiger partial charge >= 0.3 is 12.1 Å². The molecule has 6 nitrogen and oxygen atoms in total. The molecule has 6 heteroatoms. The van der Waals surface area contributed by atoms with Gasteiger partial charge in [-0.15, -0.1) is 0 Å². The molecule has 1 amide bonds. The van der Waals surface area contributed by atoms with Gasteiger partial charge in [-0.2, -0.15) is 0 Å². The van der Waals surface area contributed by atoms with Crippen LogP contribution in [0.25, 0.3) is 0 Å². The topological polar surface area (TPSA) is 65.1 Å². The number of methoxy groups -OCH3 is 1. The molecule has 1 aromatic carbocycles. The van der Waals surface area contributed by atoms with Gasteiger partial charge in [0.2, 0.25) is 0 Å². The Bertz CT molecular complexity index is 591. The molecular formula is C17H23NO5. The highest BCUT2D eigenvalue weighted by atomic mass is 16.6. The first-order valence-corrected chi connectivity index (χ1v) is 7.67. The van der Waals surface area contributed by atoms with Crippen LogP contribution in [0.1, 0.15) is 44.0 Å². The Morgan fingerprint density at radius 2 is 1.96 bits per heavy atom. The second-order valence-electron chi connectivity index (χ2n) is 6.36. The minimum Gasteiger partial charge on any atom is -0.491 e. The molecule has 23 heavy (non-hydrogen) atoms. The van der Waals surface area contributed by atoms with Gasteiger partial charge < -0.3 is 14.2 Å². The predicted molar refractivity (Wildman–Crippen MR) is 86.1 cm³/mol. The molecule has 2 rings (SSSR count). The van der Waals surface area contributed by atoms with E-state index in [1.54, 1.807) is 23.1 Å². The molecule has 0 spiro atoms. The van der Waals surface area contributed by atoms with E-state index in [0.29, 0.717) is 30.2 Å². The van der Waals surface area contributed by atoms with Crippen LogP contribution in [-0.4, -0.2) is 37.9 Å². The highest BCUT2D eigenvalue weighted by Gasteiger charge is 2.27. The molecule has 0 aromatic heterocycles. The third kappa shape index (κ3) is 4.37. The Hall–Kier alpha value is -2.24. The third-order valence-electron chi connectivity index (χ3n) is 3.32. The van der Waals surface area contributed by atoms with E-state index in [-0.39, 0.29) is 0 Å². The lowest BCUT2D eigenvalue weighted by Crippen LogP contribution is -2.38. The van der Waals surface area contributed by atoms with Gasteiger partial charge in [0.1, 0.15) is 11.4 Å². The quantitative estimate of drug-likeness (QED) is 0.742. The van der Waals surface area contributed by atoms with Crippen LogP contribution in [0.3, 0.4) is 0 Å². The number of ether oxygens (including phenoxy) is 3. The van der Waals surface area contributed by atoms with Crippen LogP contribution in [0.15, 0.2) is 18.2 Å². The maximum absolute atomic E-state index is 12.5. The second-order valence-corrected chi connectivity index (χ2v) is 6.36. The Balaban J connectivity index is 2.36. The Labute approximate surface area is 136 Å². The molecule has 0 fully saturated rings. The minimum atomic E-state index is -0.577. The van der Waals surface area contributed by atoms with Gasteiger partial charge in [-0.05, 0) is 51.8 Å². The van der Waals surface area contributed by atoms with Gasteiger partial charge in [-0.3, -0.25) is 4.90 Å². The molecule has 0 unspecified atom stereocenters. The fourth-order valence-corrected chi connectivity index (χ4v) is 2.28. The molecule has 0 atom stereocenters. The highest BCUT2D eigenvalue weighted by molar-refractivity contribution is 5.94. The van der Waals surface area contributed by atoms with Crippen molar-refractivity contribution >= 4 is 17.7 Å². The van der Waals surface area contributed by atoms with Crippen LogP contribution < -0.4 is 9.64 Å². The van der Waals surface area contributed by atoms with Gasteiger partial charge in [0.15, 0.2) is 0 Å². The maximum atomic E-state index is 12.5. The van der Waals surface area contributed by atoms with Crippen LogP contribution in [0.5, 0.6) is 5.75 Å². The van der Waals surface area contributed by atoms with Crippen molar-refractivity contribution in [1.82, 2.24) is 0 Å². The summed E-state index contributed by atoms with van der Waals surface area (Å²) in [4.78, 5) is 25.7. The first-order chi connectivity index (χ1) is 10.8. The smallest absolute Gasteiger partial charge is 0.414 e. The Morgan fingerprint density at radius 3 is 2.61 bits per heavy atom.